The second kappa shape index (κ2) is 40.3. The summed E-state index contributed by atoms with van der Waals surface area (Å²) in [6, 6.07) is 0. The molecule has 1 rings (SSSR count). The number of carbonyl (C=O) groups excluding carboxylic acids is 1. The molecule has 1 saturated heterocycles. The molecule has 0 aliphatic carbocycles. The standard InChI is InChI=1S/C48H92O9/c1-3-5-7-9-11-13-15-17-18-19-20-21-22-23-24-25-27-29-31-33-35-37-44(50)56-42(41-55-48-47(53)46(52)45(51)43(39-49)57-48)40-54-38-36-34-32-30-28-26-16-14-12-10-8-6-4-2/h12,14,42-43,45-49,51-53H,3-11,13,15-41H2,1-2H3/b14-12-. The van der Waals surface area contributed by atoms with E-state index in [9.17, 15) is 25.2 Å². The fourth-order valence-corrected chi connectivity index (χ4v) is 7.61. The zero-order chi connectivity index (χ0) is 41.4. The Hall–Kier alpha value is -1.07. The van der Waals surface area contributed by atoms with Gasteiger partial charge in [-0.1, -0.05) is 193 Å². The van der Waals surface area contributed by atoms with Crippen molar-refractivity contribution in [2.75, 3.05) is 26.4 Å². The summed E-state index contributed by atoms with van der Waals surface area (Å²) in [4.78, 5) is 12.8. The van der Waals surface area contributed by atoms with Crippen molar-refractivity contribution in [1.82, 2.24) is 0 Å². The number of unbranched alkanes of at least 4 members (excludes halogenated alkanes) is 29. The molecule has 57 heavy (non-hydrogen) atoms. The topological polar surface area (TPSA) is 135 Å². The van der Waals surface area contributed by atoms with E-state index in [1.807, 2.05) is 0 Å². The van der Waals surface area contributed by atoms with E-state index in [0.717, 1.165) is 32.1 Å². The number of allylic oxidation sites excluding steroid dienone is 2. The zero-order valence-electron chi connectivity index (χ0n) is 37.1. The molecule has 0 aromatic heterocycles. The molecule has 0 aromatic rings. The molecule has 1 aliphatic heterocycles. The molecule has 0 amide bonds. The predicted octanol–water partition coefficient (Wildman–Crippen LogP) is 11.2. The Morgan fingerprint density at radius 3 is 1.46 bits per heavy atom. The van der Waals surface area contributed by atoms with Crippen LogP contribution in [0.15, 0.2) is 12.2 Å². The third kappa shape index (κ3) is 31.5. The van der Waals surface area contributed by atoms with Crippen LogP contribution in [0.5, 0.6) is 0 Å². The van der Waals surface area contributed by atoms with Crippen LogP contribution in [-0.2, 0) is 23.7 Å². The molecule has 6 atom stereocenters. The molecule has 338 valence electrons. The summed E-state index contributed by atoms with van der Waals surface area (Å²) in [5.41, 5.74) is 0. The molecular formula is C48H92O9. The maximum atomic E-state index is 12.8. The van der Waals surface area contributed by atoms with Gasteiger partial charge in [-0.25, -0.2) is 0 Å². The number of hydrogen-bond donors (Lipinski definition) is 4. The van der Waals surface area contributed by atoms with E-state index < -0.39 is 43.4 Å². The van der Waals surface area contributed by atoms with Crippen molar-refractivity contribution in [3.8, 4) is 0 Å². The molecule has 9 nitrogen and oxygen atoms in total. The van der Waals surface area contributed by atoms with Gasteiger partial charge in [0.1, 0.15) is 30.5 Å². The summed E-state index contributed by atoms with van der Waals surface area (Å²) < 4.78 is 22.8. The summed E-state index contributed by atoms with van der Waals surface area (Å²) in [7, 11) is 0. The SMILES string of the molecule is CCCCC/C=C\CCCCCCCCOCC(COC1OC(CO)C(O)C(O)C1O)OC(=O)CCCCCCCCCCCCCCCCCCCCCCC. The van der Waals surface area contributed by atoms with Crippen molar-refractivity contribution in [3.63, 3.8) is 0 Å². The first-order chi connectivity index (χ1) is 27.9. The third-order valence-electron chi connectivity index (χ3n) is 11.4. The fourth-order valence-electron chi connectivity index (χ4n) is 7.61. The van der Waals surface area contributed by atoms with Crippen LogP contribution in [0.25, 0.3) is 0 Å². The van der Waals surface area contributed by atoms with Gasteiger partial charge in [0.25, 0.3) is 0 Å². The van der Waals surface area contributed by atoms with E-state index in [2.05, 4.69) is 26.0 Å². The number of hydrogen-bond acceptors (Lipinski definition) is 9. The van der Waals surface area contributed by atoms with Crippen LogP contribution in [0.4, 0.5) is 0 Å². The van der Waals surface area contributed by atoms with Gasteiger partial charge in [0.05, 0.1) is 19.8 Å². The fraction of sp³-hybridized carbons (Fsp3) is 0.938. The Morgan fingerprint density at radius 1 is 0.544 bits per heavy atom. The first-order valence-corrected chi connectivity index (χ1v) is 24.3. The first kappa shape index (κ1) is 53.9. The molecule has 1 heterocycles. The van der Waals surface area contributed by atoms with Crippen LogP contribution in [0, 0.1) is 0 Å². The van der Waals surface area contributed by atoms with Gasteiger partial charge in [0, 0.05) is 13.0 Å². The summed E-state index contributed by atoms with van der Waals surface area (Å²) in [5.74, 6) is -0.311. The van der Waals surface area contributed by atoms with Gasteiger partial charge in [0.2, 0.25) is 0 Å². The maximum Gasteiger partial charge on any atom is 0.306 e. The smallest absolute Gasteiger partial charge is 0.306 e. The van der Waals surface area contributed by atoms with Gasteiger partial charge in [-0.15, -0.1) is 0 Å². The van der Waals surface area contributed by atoms with Crippen molar-refractivity contribution in [3.05, 3.63) is 12.2 Å². The largest absolute Gasteiger partial charge is 0.457 e. The molecule has 0 spiro atoms. The average Bonchev–Trinajstić information content (AvgIpc) is 3.21. The van der Waals surface area contributed by atoms with E-state index in [4.69, 9.17) is 18.9 Å². The van der Waals surface area contributed by atoms with Crippen LogP contribution in [-0.4, -0.2) is 89.6 Å². The lowest BCUT2D eigenvalue weighted by Gasteiger charge is -2.39. The van der Waals surface area contributed by atoms with Crippen molar-refractivity contribution >= 4 is 5.97 Å². The second-order valence-electron chi connectivity index (χ2n) is 16.9. The summed E-state index contributed by atoms with van der Waals surface area (Å²) >= 11 is 0. The van der Waals surface area contributed by atoms with E-state index in [1.165, 1.54) is 173 Å². The van der Waals surface area contributed by atoms with Crippen molar-refractivity contribution in [2.45, 2.75) is 263 Å². The Balaban J connectivity index is 2.19. The Kier molecular flexibility index (Phi) is 38.2. The first-order valence-electron chi connectivity index (χ1n) is 24.3. The van der Waals surface area contributed by atoms with Crippen molar-refractivity contribution in [2.24, 2.45) is 0 Å². The molecule has 1 aliphatic rings. The van der Waals surface area contributed by atoms with Gasteiger partial charge in [0.15, 0.2) is 6.29 Å². The number of aliphatic hydroxyl groups is 4. The quantitative estimate of drug-likeness (QED) is 0.0270. The number of rotatable bonds is 42. The highest BCUT2D eigenvalue weighted by Crippen LogP contribution is 2.23. The van der Waals surface area contributed by atoms with Gasteiger partial charge < -0.3 is 39.4 Å². The normalized spacial score (nSPS) is 20.4. The highest BCUT2D eigenvalue weighted by molar-refractivity contribution is 5.69. The minimum atomic E-state index is -1.53. The Labute approximate surface area is 350 Å². The summed E-state index contributed by atoms with van der Waals surface area (Å²) in [6.45, 7) is 4.56. The molecule has 0 saturated carbocycles. The van der Waals surface area contributed by atoms with Crippen molar-refractivity contribution < 1.29 is 44.2 Å². The minimum absolute atomic E-state index is 0.110. The number of ether oxygens (including phenoxy) is 4. The van der Waals surface area contributed by atoms with Crippen molar-refractivity contribution in [1.29, 1.82) is 0 Å². The molecule has 1 fully saturated rings. The maximum absolute atomic E-state index is 12.8. The molecule has 9 heteroatoms. The van der Waals surface area contributed by atoms with E-state index in [1.54, 1.807) is 0 Å². The van der Waals surface area contributed by atoms with Gasteiger partial charge in [-0.3, -0.25) is 4.79 Å². The lowest BCUT2D eigenvalue weighted by molar-refractivity contribution is -0.305. The molecular weight excluding hydrogens is 721 g/mol. The number of aliphatic hydroxyl groups excluding tert-OH is 4. The molecule has 6 unspecified atom stereocenters. The van der Waals surface area contributed by atoms with Crippen LogP contribution in [0.3, 0.4) is 0 Å². The Bertz CT molecular complexity index is 884. The van der Waals surface area contributed by atoms with E-state index in [-0.39, 0.29) is 19.2 Å². The minimum Gasteiger partial charge on any atom is -0.457 e. The van der Waals surface area contributed by atoms with Gasteiger partial charge in [-0.2, -0.15) is 0 Å². The third-order valence-corrected chi connectivity index (χ3v) is 11.4. The number of carbonyl (C=O) groups is 1. The highest BCUT2D eigenvalue weighted by atomic mass is 16.7. The molecule has 4 N–H and O–H groups in total. The monoisotopic (exact) mass is 813 g/mol. The predicted molar refractivity (Wildman–Crippen MR) is 233 cm³/mol. The van der Waals surface area contributed by atoms with E-state index >= 15 is 0 Å². The van der Waals surface area contributed by atoms with Crippen LogP contribution < -0.4 is 0 Å². The molecule has 0 radical (unpaired) electrons. The Morgan fingerprint density at radius 2 is 0.965 bits per heavy atom. The van der Waals surface area contributed by atoms with Crippen LogP contribution >= 0.6 is 0 Å². The van der Waals surface area contributed by atoms with Gasteiger partial charge >= 0.3 is 5.97 Å². The van der Waals surface area contributed by atoms with Gasteiger partial charge in [-0.05, 0) is 38.5 Å². The lowest BCUT2D eigenvalue weighted by atomic mass is 9.99. The molecule has 0 bridgehead atoms. The highest BCUT2D eigenvalue weighted by Gasteiger charge is 2.44. The number of esters is 1. The average molecular weight is 813 g/mol. The van der Waals surface area contributed by atoms with Crippen LogP contribution in [0.2, 0.25) is 0 Å². The lowest BCUT2D eigenvalue weighted by Crippen LogP contribution is -2.59. The second-order valence-corrected chi connectivity index (χ2v) is 16.9. The van der Waals surface area contributed by atoms with Crippen LogP contribution in [0.1, 0.15) is 226 Å². The van der Waals surface area contributed by atoms with E-state index in [0.29, 0.717) is 13.0 Å². The zero-order valence-corrected chi connectivity index (χ0v) is 37.1. The summed E-state index contributed by atoms with van der Waals surface area (Å²) in [6.07, 6.45) is 38.1. The molecule has 0 aromatic carbocycles. The summed E-state index contributed by atoms with van der Waals surface area (Å²) in [5, 5.41) is 40.1.